The van der Waals surface area contributed by atoms with Crippen molar-refractivity contribution >= 4 is 5.57 Å². The van der Waals surface area contributed by atoms with Crippen molar-refractivity contribution in [1.29, 1.82) is 0 Å². The summed E-state index contributed by atoms with van der Waals surface area (Å²) in [6, 6.07) is 26.1. The second-order valence-corrected chi connectivity index (χ2v) is 8.07. The van der Waals surface area contributed by atoms with Gasteiger partial charge in [0.05, 0.1) is 13.2 Å². The number of nitrogens with zero attached hydrogens (tertiary/aromatic N) is 1. The fraction of sp³-hybridized carbons (Fsp3) is 0.259. The van der Waals surface area contributed by atoms with Gasteiger partial charge in [-0.2, -0.15) is 0 Å². The summed E-state index contributed by atoms with van der Waals surface area (Å²) in [4.78, 5) is 2.35. The van der Waals surface area contributed by atoms with E-state index >= 15 is 0 Å². The Hall–Kier alpha value is -2.92. The van der Waals surface area contributed by atoms with Crippen LogP contribution in [0.3, 0.4) is 0 Å². The molecule has 0 amide bonds. The van der Waals surface area contributed by atoms with E-state index in [1.807, 2.05) is 66.7 Å². The summed E-state index contributed by atoms with van der Waals surface area (Å²) >= 11 is 0. The topological polar surface area (TPSA) is 41.9 Å². The van der Waals surface area contributed by atoms with E-state index in [0.717, 1.165) is 66.4 Å². The maximum absolute atomic E-state index is 11.8. The third-order valence-corrected chi connectivity index (χ3v) is 6.12. The molecule has 1 fully saturated rings. The summed E-state index contributed by atoms with van der Waals surface area (Å²) in [5.74, 6) is 0.782. The van der Waals surface area contributed by atoms with Crippen molar-refractivity contribution < 1.29 is 14.6 Å². The van der Waals surface area contributed by atoms with Gasteiger partial charge in [-0.3, -0.25) is 4.90 Å². The standard InChI is InChI=1S/C27H27NO3/c29-27(22-9-5-2-6-10-22)20-25(21-7-3-1-4-8-21)24-12-11-23(19-26(24)27)31-18-15-28-13-16-30-17-14-28/h1-12,19-20,29H,13-18H2. The van der Waals surface area contributed by atoms with Crippen LogP contribution in [-0.2, 0) is 10.3 Å². The summed E-state index contributed by atoms with van der Waals surface area (Å²) < 4.78 is 11.5. The van der Waals surface area contributed by atoms with E-state index in [-0.39, 0.29) is 0 Å². The van der Waals surface area contributed by atoms with Gasteiger partial charge in [-0.25, -0.2) is 0 Å². The van der Waals surface area contributed by atoms with Crippen molar-refractivity contribution in [2.45, 2.75) is 5.60 Å². The number of benzene rings is 3. The molecule has 1 saturated heterocycles. The van der Waals surface area contributed by atoms with Crippen LogP contribution in [0.1, 0.15) is 22.3 Å². The fourth-order valence-corrected chi connectivity index (χ4v) is 4.43. The van der Waals surface area contributed by atoms with E-state index in [1.54, 1.807) is 0 Å². The van der Waals surface area contributed by atoms with Crippen molar-refractivity contribution in [3.63, 3.8) is 0 Å². The van der Waals surface area contributed by atoms with Crippen molar-refractivity contribution in [1.82, 2.24) is 4.90 Å². The zero-order valence-corrected chi connectivity index (χ0v) is 17.5. The first-order valence-electron chi connectivity index (χ1n) is 10.9. The van der Waals surface area contributed by atoms with Crippen molar-refractivity contribution in [2.75, 3.05) is 39.5 Å². The van der Waals surface area contributed by atoms with Gasteiger partial charge in [0.1, 0.15) is 18.0 Å². The highest BCUT2D eigenvalue weighted by Crippen LogP contribution is 2.46. The monoisotopic (exact) mass is 413 g/mol. The minimum absolute atomic E-state index is 0.613. The van der Waals surface area contributed by atoms with E-state index in [9.17, 15) is 5.11 Å². The number of hydrogen-bond donors (Lipinski definition) is 1. The van der Waals surface area contributed by atoms with Crippen LogP contribution in [0, 0.1) is 0 Å². The van der Waals surface area contributed by atoms with Gasteiger partial charge in [0.15, 0.2) is 0 Å². The van der Waals surface area contributed by atoms with Crippen LogP contribution in [0.4, 0.5) is 0 Å². The molecule has 1 unspecified atom stereocenters. The Kier molecular flexibility index (Phi) is 5.60. The Balaban J connectivity index is 1.45. The van der Waals surface area contributed by atoms with Crippen LogP contribution in [0.2, 0.25) is 0 Å². The first-order chi connectivity index (χ1) is 15.2. The number of morpholine rings is 1. The van der Waals surface area contributed by atoms with E-state index < -0.39 is 5.60 Å². The van der Waals surface area contributed by atoms with Crippen LogP contribution in [0.25, 0.3) is 5.57 Å². The lowest BCUT2D eigenvalue weighted by molar-refractivity contribution is 0.0322. The Labute approximate surface area is 183 Å². The number of rotatable bonds is 6. The fourth-order valence-electron chi connectivity index (χ4n) is 4.43. The van der Waals surface area contributed by atoms with Crippen LogP contribution in [-0.4, -0.2) is 49.5 Å². The highest BCUT2D eigenvalue weighted by molar-refractivity contribution is 5.88. The molecule has 4 nitrogen and oxygen atoms in total. The Morgan fingerprint density at radius 1 is 0.903 bits per heavy atom. The molecule has 1 aliphatic heterocycles. The van der Waals surface area contributed by atoms with Gasteiger partial charge in [-0.15, -0.1) is 0 Å². The van der Waals surface area contributed by atoms with Crippen molar-refractivity contribution in [3.8, 4) is 5.75 Å². The summed E-state index contributed by atoms with van der Waals surface area (Å²) in [7, 11) is 0. The largest absolute Gasteiger partial charge is 0.492 e. The molecule has 0 spiro atoms. The van der Waals surface area contributed by atoms with Crippen molar-refractivity contribution in [2.24, 2.45) is 0 Å². The molecule has 1 atom stereocenters. The number of aliphatic hydroxyl groups is 1. The van der Waals surface area contributed by atoms with Gasteiger partial charge >= 0.3 is 0 Å². The number of ether oxygens (including phenoxy) is 2. The van der Waals surface area contributed by atoms with Gasteiger partial charge in [0.25, 0.3) is 0 Å². The first kappa shape index (κ1) is 20.0. The molecule has 0 bridgehead atoms. The van der Waals surface area contributed by atoms with Gasteiger partial charge in [-0.1, -0.05) is 66.7 Å². The first-order valence-corrected chi connectivity index (χ1v) is 10.9. The Bertz CT molecular complexity index is 1060. The smallest absolute Gasteiger partial charge is 0.135 e. The molecule has 0 saturated carbocycles. The summed E-state index contributed by atoms with van der Waals surface area (Å²) in [5.41, 5.74) is 3.70. The maximum atomic E-state index is 11.8. The molecule has 1 heterocycles. The summed E-state index contributed by atoms with van der Waals surface area (Å²) in [6.07, 6.45) is 1.97. The molecule has 0 radical (unpaired) electrons. The number of hydrogen-bond acceptors (Lipinski definition) is 4. The third kappa shape index (κ3) is 4.02. The van der Waals surface area contributed by atoms with Gasteiger partial charge in [0, 0.05) is 25.2 Å². The normalized spacial score (nSPS) is 20.9. The molecule has 2 aliphatic rings. The van der Waals surface area contributed by atoms with Crippen molar-refractivity contribution in [3.05, 3.63) is 107 Å². The SMILES string of the molecule is OC1(c2ccccc2)C=C(c2ccccc2)c2ccc(OCCN3CCOCC3)cc21. The predicted molar refractivity (Wildman–Crippen MR) is 122 cm³/mol. The molecule has 1 aliphatic carbocycles. The Morgan fingerprint density at radius 2 is 1.61 bits per heavy atom. The predicted octanol–water partition coefficient (Wildman–Crippen LogP) is 4.08. The van der Waals surface area contributed by atoms with E-state index in [0.29, 0.717) is 6.61 Å². The number of fused-ring (bicyclic) bond motifs is 1. The average Bonchev–Trinajstić information content (AvgIpc) is 3.14. The highest BCUT2D eigenvalue weighted by Gasteiger charge is 2.38. The molecular formula is C27H27NO3. The van der Waals surface area contributed by atoms with Gasteiger partial charge in [-0.05, 0) is 40.5 Å². The summed E-state index contributed by atoms with van der Waals surface area (Å²) in [6.45, 7) is 4.96. The van der Waals surface area contributed by atoms with E-state index in [2.05, 4.69) is 23.1 Å². The molecule has 3 aromatic carbocycles. The van der Waals surface area contributed by atoms with Gasteiger partial charge < -0.3 is 14.6 Å². The van der Waals surface area contributed by atoms with E-state index in [4.69, 9.17) is 9.47 Å². The lowest BCUT2D eigenvalue weighted by atomic mass is 9.88. The molecule has 5 rings (SSSR count). The Morgan fingerprint density at radius 3 is 2.35 bits per heavy atom. The summed E-state index contributed by atoms with van der Waals surface area (Å²) in [5, 5.41) is 11.8. The lowest BCUT2D eigenvalue weighted by Crippen LogP contribution is -2.38. The zero-order valence-electron chi connectivity index (χ0n) is 17.5. The van der Waals surface area contributed by atoms with E-state index in [1.165, 1.54) is 0 Å². The second-order valence-electron chi connectivity index (χ2n) is 8.07. The molecule has 158 valence electrons. The molecule has 3 aromatic rings. The third-order valence-electron chi connectivity index (χ3n) is 6.12. The van der Waals surface area contributed by atoms with Crippen LogP contribution in [0.5, 0.6) is 5.75 Å². The second kappa shape index (κ2) is 8.67. The molecule has 1 N–H and O–H groups in total. The average molecular weight is 414 g/mol. The van der Waals surface area contributed by atoms with Crippen LogP contribution >= 0.6 is 0 Å². The highest BCUT2D eigenvalue weighted by atomic mass is 16.5. The van der Waals surface area contributed by atoms with Crippen LogP contribution < -0.4 is 4.74 Å². The minimum atomic E-state index is -1.19. The molecular weight excluding hydrogens is 386 g/mol. The molecule has 4 heteroatoms. The molecule has 0 aromatic heterocycles. The van der Waals surface area contributed by atoms with Crippen LogP contribution in [0.15, 0.2) is 84.9 Å². The minimum Gasteiger partial charge on any atom is -0.492 e. The maximum Gasteiger partial charge on any atom is 0.135 e. The quantitative estimate of drug-likeness (QED) is 0.661. The lowest BCUT2D eigenvalue weighted by Gasteiger charge is -2.26. The zero-order chi connectivity index (χ0) is 21.1. The molecule has 31 heavy (non-hydrogen) atoms. The van der Waals surface area contributed by atoms with Gasteiger partial charge in [0.2, 0.25) is 0 Å².